The lowest BCUT2D eigenvalue weighted by atomic mass is 10.0. The van der Waals surface area contributed by atoms with Crippen molar-refractivity contribution < 1.29 is 19.1 Å². The summed E-state index contributed by atoms with van der Waals surface area (Å²) < 4.78 is 12.7. The van der Waals surface area contributed by atoms with Crippen LogP contribution in [0.15, 0.2) is 66.9 Å². The van der Waals surface area contributed by atoms with Gasteiger partial charge >= 0.3 is 11.9 Å². The lowest BCUT2D eigenvalue weighted by Gasteiger charge is -2.10. The average Bonchev–Trinajstić information content (AvgIpc) is 3.28. The van der Waals surface area contributed by atoms with Crippen molar-refractivity contribution in [1.29, 1.82) is 0 Å². The SMILES string of the molecule is CCCCCCc1ccc(C(=O)Oc2cccc(-c3nc4cc(C)ccn4c3NCC(=O)OCC)c2)cc1. The highest BCUT2D eigenvalue weighted by atomic mass is 16.5. The second kappa shape index (κ2) is 12.9. The predicted molar refractivity (Wildman–Crippen MR) is 150 cm³/mol. The van der Waals surface area contributed by atoms with Crippen molar-refractivity contribution in [2.75, 3.05) is 18.5 Å². The van der Waals surface area contributed by atoms with Crippen LogP contribution >= 0.6 is 0 Å². The maximum Gasteiger partial charge on any atom is 0.343 e. The number of carbonyl (C=O) groups excluding carboxylic acids is 2. The molecule has 0 fully saturated rings. The number of anilines is 1. The first-order valence-electron chi connectivity index (χ1n) is 13.3. The molecule has 2 heterocycles. The van der Waals surface area contributed by atoms with E-state index >= 15 is 0 Å². The van der Waals surface area contributed by atoms with E-state index < -0.39 is 5.97 Å². The largest absolute Gasteiger partial charge is 0.465 e. The van der Waals surface area contributed by atoms with Gasteiger partial charge in [-0.05, 0) is 74.2 Å². The number of aromatic nitrogens is 2. The van der Waals surface area contributed by atoms with E-state index in [-0.39, 0.29) is 12.5 Å². The van der Waals surface area contributed by atoms with Gasteiger partial charge in [0.05, 0.1) is 12.2 Å². The number of pyridine rings is 1. The number of hydrogen-bond donors (Lipinski definition) is 1. The number of aryl methyl sites for hydroxylation is 2. The summed E-state index contributed by atoms with van der Waals surface area (Å²) in [7, 11) is 0. The zero-order valence-corrected chi connectivity index (χ0v) is 22.3. The summed E-state index contributed by atoms with van der Waals surface area (Å²) in [5, 5.41) is 3.17. The van der Waals surface area contributed by atoms with Crippen LogP contribution in [0.2, 0.25) is 0 Å². The number of unbranched alkanes of at least 4 members (excludes halogenated alkanes) is 3. The summed E-state index contributed by atoms with van der Waals surface area (Å²) in [6, 6.07) is 18.8. The minimum Gasteiger partial charge on any atom is -0.465 e. The third kappa shape index (κ3) is 6.79. The summed E-state index contributed by atoms with van der Waals surface area (Å²) in [6.07, 6.45) is 7.77. The van der Waals surface area contributed by atoms with Crippen molar-refractivity contribution in [1.82, 2.24) is 9.38 Å². The molecule has 2 aromatic carbocycles. The summed E-state index contributed by atoms with van der Waals surface area (Å²) in [6.45, 7) is 6.30. The molecule has 0 aliphatic heterocycles. The summed E-state index contributed by atoms with van der Waals surface area (Å²) in [5.41, 5.74) is 4.94. The standard InChI is InChI=1S/C31H35N3O4/c1-4-6-7-8-10-23-13-15-24(16-14-23)31(36)38-26-12-9-11-25(20-26)29-30(32-21-28(35)37-5-2)34-18-17-22(3)19-27(34)33-29/h9,11-20,32H,4-8,10,21H2,1-3H3. The van der Waals surface area contributed by atoms with Crippen molar-refractivity contribution in [2.24, 2.45) is 0 Å². The fourth-order valence-electron chi connectivity index (χ4n) is 4.32. The van der Waals surface area contributed by atoms with Gasteiger partial charge in [-0.25, -0.2) is 9.78 Å². The predicted octanol–water partition coefficient (Wildman–Crippen LogP) is 6.63. The molecule has 0 spiro atoms. The Morgan fingerprint density at radius 1 is 0.974 bits per heavy atom. The second-order valence-corrected chi connectivity index (χ2v) is 9.32. The maximum atomic E-state index is 12.9. The number of fused-ring (bicyclic) bond motifs is 1. The van der Waals surface area contributed by atoms with E-state index in [1.807, 2.05) is 66.1 Å². The van der Waals surface area contributed by atoms with Crippen molar-refractivity contribution in [3.05, 3.63) is 83.6 Å². The number of hydrogen-bond acceptors (Lipinski definition) is 6. The van der Waals surface area contributed by atoms with E-state index in [4.69, 9.17) is 14.5 Å². The van der Waals surface area contributed by atoms with E-state index in [0.29, 0.717) is 29.4 Å². The van der Waals surface area contributed by atoms with Crippen molar-refractivity contribution in [3.8, 4) is 17.0 Å². The normalized spacial score (nSPS) is 10.9. The first-order valence-corrected chi connectivity index (χ1v) is 13.3. The first-order chi connectivity index (χ1) is 18.5. The Morgan fingerprint density at radius 2 is 1.79 bits per heavy atom. The van der Waals surface area contributed by atoms with Gasteiger partial charge in [-0.3, -0.25) is 9.20 Å². The van der Waals surface area contributed by atoms with Crippen LogP contribution in [0.25, 0.3) is 16.9 Å². The van der Waals surface area contributed by atoms with Crippen molar-refractivity contribution in [2.45, 2.75) is 52.9 Å². The van der Waals surface area contributed by atoms with Crippen LogP contribution < -0.4 is 10.1 Å². The van der Waals surface area contributed by atoms with Gasteiger partial charge in [0.25, 0.3) is 0 Å². The highest BCUT2D eigenvalue weighted by Crippen LogP contribution is 2.31. The van der Waals surface area contributed by atoms with Gasteiger partial charge in [0.15, 0.2) is 0 Å². The van der Waals surface area contributed by atoms with Crippen LogP contribution in [0.3, 0.4) is 0 Å². The summed E-state index contributed by atoms with van der Waals surface area (Å²) in [4.78, 5) is 29.7. The van der Waals surface area contributed by atoms with E-state index in [9.17, 15) is 9.59 Å². The molecule has 7 heteroatoms. The Balaban J connectivity index is 1.52. The Bertz CT molecular complexity index is 1390. The molecule has 0 amide bonds. The lowest BCUT2D eigenvalue weighted by molar-refractivity contribution is -0.140. The van der Waals surface area contributed by atoms with Crippen LogP contribution in [-0.4, -0.2) is 34.5 Å². The molecular formula is C31H35N3O4. The molecule has 4 aromatic rings. The molecular weight excluding hydrogens is 478 g/mol. The Morgan fingerprint density at radius 3 is 2.55 bits per heavy atom. The monoisotopic (exact) mass is 513 g/mol. The van der Waals surface area contributed by atoms with Gasteiger partial charge in [0, 0.05) is 11.8 Å². The zero-order chi connectivity index (χ0) is 26.9. The van der Waals surface area contributed by atoms with Gasteiger partial charge in [-0.2, -0.15) is 0 Å². The van der Waals surface area contributed by atoms with Gasteiger partial charge in [0.2, 0.25) is 0 Å². The maximum absolute atomic E-state index is 12.9. The highest BCUT2D eigenvalue weighted by Gasteiger charge is 2.17. The van der Waals surface area contributed by atoms with Crippen molar-refractivity contribution in [3.63, 3.8) is 0 Å². The van der Waals surface area contributed by atoms with Gasteiger partial charge in [-0.15, -0.1) is 0 Å². The number of esters is 2. The van der Waals surface area contributed by atoms with E-state index in [1.165, 1.54) is 24.8 Å². The molecule has 4 rings (SSSR count). The van der Waals surface area contributed by atoms with Gasteiger partial charge in [0.1, 0.15) is 29.5 Å². The minimum atomic E-state index is -0.411. The molecule has 38 heavy (non-hydrogen) atoms. The molecule has 0 saturated heterocycles. The minimum absolute atomic E-state index is 0.00574. The number of nitrogens with zero attached hydrogens (tertiary/aromatic N) is 2. The molecule has 0 unspecified atom stereocenters. The van der Waals surface area contributed by atoms with Crippen LogP contribution in [0.5, 0.6) is 5.75 Å². The lowest BCUT2D eigenvalue weighted by Crippen LogP contribution is -2.17. The molecule has 2 aromatic heterocycles. The van der Waals surface area contributed by atoms with Crippen LogP contribution in [-0.2, 0) is 16.0 Å². The van der Waals surface area contributed by atoms with E-state index in [0.717, 1.165) is 29.6 Å². The number of ether oxygens (including phenoxy) is 2. The third-order valence-electron chi connectivity index (χ3n) is 6.31. The molecule has 0 saturated carbocycles. The number of nitrogens with one attached hydrogen (secondary N) is 1. The Kier molecular flexibility index (Phi) is 9.14. The average molecular weight is 514 g/mol. The van der Waals surface area contributed by atoms with Crippen LogP contribution in [0.4, 0.5) is 5.82 Å². The zero-order valence-electron chi connectivity index (χ0n) is 22.3. The third-order valence-corrected chi connectivity index (χ3v) is 6.31. The molecule has 0 bridgehead atoms. The van der Waals surface area contributed by atoms with Gasteiger partial charge in [-0.1, -0.05) is 50.5 Å². The Labute approximate surface area is 223 Å². The quantitative estimate of drug-likeness (QED) is 0.130. The van der Waals surface area contributed by atoms with E-state index in [1.54, 1.807) is 19.1 Å². The Hall–Kier alpha value is -4.13. The molecule has 0 radical (unpaired) electrons. The fourth-order valence-corrected chi connectivity index (χ4v) is 4.32. The summed E-state index contributed by atoms with van der Waals surface area (Å²) in [5.74, 6) is 0.313. The topological polar surface area (TPSA) is 81.9 Å². The molecule has 0 atom stereocenters. The first kappa shape index (κ1) is 26.9. The molecule has 1 N–H and O–H groups in total. The number of carbonyl (C=O) groups is 2. The number of rotatable bonds is 12. The van der Waals surface area contributed by atoms with Crippen LogP contribution in [0, 0.1) is 6.92 Å². The summed E-state index contributed by atoms with van der Waals surface area (Å²) >= 11 is 0. The van der Waals surface area contributed by atoms with Gasteiger partial charge < -0.3 is 14.8 Å². The highest BCUT2D eigenvalue weighted by molar-refractivity contribution is 5.91. The molecule has 7 nitrogen and oxygen atoms in total. The second-order valence-electron chi connectivity index (χ2n) is 9.32. The number of benzene rings is 2. The number of imidazole rings is 1. The fraction of sp³-hybridized carbons (Fsp3) is 0.323. The van der Waals surface area contributed by atoms with Crippen molar-refractivity contribution >= 4 is 23.4 Å². The molecule has 0 aliphatic carbocycles. The van der Waals surface area contributed by atoms with E-state index in [2.05, 4.69) is 12.2 Å². The molecule has 0 aliphatic rings. The molecule has 198 valence electrons. The van der Waals surface area contributed by atoms with Crippen LogP contribution in [0.1, 0.15) is 61.0 Å². The smallest absolute Gasteiger partial charge is 0.343 e.